The van der Waals surface area contributed by atoms with Crippen LogP contribution in [0.1, 0.15) is 16.7 Å². The molecular formula is C16H19BrN2. The van der Waals surface area contributed by atoms with Crippen molar-refractivity contribution in [1.29, 1.82) is 0 Å². The first-order valence-electron chi connectivity index (χ1n) is 6.42. The van der Waals surface area contributed by atoms with Crippen molar-refractivity contribution in [1.82, 2.24) is 0 Å². The van der Waals surface area contributed by atoms with Gasteiger partial charge in [-0.15, -0.1) is 0 Å². The van der Waals surface area contributed by atoms with Crippen molar-refractivity contribution in [3.05, 3.63) is 57.6 Å². The molecule has 0 unspecified atom stereocenters. The summed E-state index contributed by atoms with van der Waals surface area (Å²) in [6.45, 7) is 5.06. The molecule has 0 aliphatic rings. The number of nitrogens with one attached hydrogen (secondary N) is 1. The van der Waals surface area contributed by atoms with Crippen LogP contribution < -0.4 is 11.1 Å². The topological polar surface area (TPSA) is 38.0 Å². The Labute approximate surface area is 123 Å². The molecule has 2 aromatic rings. The zero-order valence-electron chi connectivity index (χ0n) is 11.3. The van der Waals surface area contributed by atoms with Crippen LogP contribution in [-0.2, 0) is 6.42 Å². The third-order valence-corrected chi connectivity index (χ3v) is 4.11. The van der Waals surface area contributed by atoms with E-state index in [1.165, 1.54) is 16.7 Å². The predicted molar refractivity (Wildman–Crippen MR) is 86.7 cm³/mol. The van der Waals surface area contributed by atoms with E-state index in [9.17, 15) is 0 Å². The minimum absolute atomic E-state index is 0.815. The lowest BCUT2D eigenvalue weighted by Crippen LogP contribution is -2.07. The van der Waals surface area contributed by atoms with E-state index in [4.69, 9.17) is 5.73 Å². The van der Waals surface area contributed by atoms with Gasteiger partial charge in [-0.3, -0.25) is 0 Å². The lowest BCUT2D eigenvalue weighted by molar-refractivity contribution is 1.01. The summed E-state index contributed by atoms with van der Waals surface area (Å²) in [5.74, 6) is 0. The Morgan fingerprint density at radius 3 is 2.53 bits per heavy atom. The minimum Gasteiger partial charge on any atom is -0.397 e. The Kier molecular flexibility index (Phi) is 4.48. The first-order chi connectivity index (χ1) is 9.08. The lowest BCUT2D eigenvalue weighted by atomic mass is 10.1. The molecule has 0 atom stereocenters. The quantitative estimate of drug-likeness (QED) is 0.825. The first kappa shape index (κ1) is 13.9. The number of hydrogen-bond donors (Lipinski definition) is 2. The molecule has 0 fully saturated rings. The van der Waals surface area contributed by atoms with Gasteiger partial charge in [0.2, 0.25) is 0 Å². The molecule has 0 bridgehead atoms. The Morgan fingerprint density at radius 2 is 1.79 bits per heavy atom. The summed E-state index contributed by atoms with van der Waals surface area (Å²) in [5, 5.41) is 3.41. The summed E-state index contributed by atoms with van der Waals surface area (Å²) in [4.78, 5) is 0. The van der Waals surface area contributed by atoms with Gasteiger partial charge in [0.25, 0.3) is 0 Å². The maximum atomic E-state index is 6.03. The number of rotatable bonds is 4. The van der Waals surface area contributed by atoms with E-state index in [2.05, 4.69) is 59.4 Å². The number of hydrogen-bond acceptors (Lipinski definition) is 2. The molecule has 3 N–H and O–H groups in total. The van der Waals surface area contributed by atoms with E-state index in [-0.39, 0.29) is 0 Å². The average molecular weight is 319 g/mol. The summed E-state index contributed by atoms with van der Waals surface area (Å²) in [5.41, 5.74) is 11.7. The van der Waals surface area contributed by atoms with Crippen molar-refractivity contribution in [2.75, 3.05) is 17.6 Å². The van der Waals surface area contributed by atoms with E-state index in [0.717, 1.165) is 28.8 Å². The molecule has 19 heavy (non-hydrogen) atoms. The summed E-state index contributed by atoms with van der Waals surface area (Å²) >= 11 is 3.57. The van der Waals surface area contributed by atoms with Crippen LogP contribution in [0, 0.1) is 13.8 Å². The molecule has 0 amide bonds. The molecule has 0 saturated carbocycles. The molecule has 0 radical (unpaired) electrons. The number of anilines is 2. The van der Waals surface area contributed by atoms with Crippen LogP contribution in [0.25, 0.3) is 0 Å². The maximum absolute atomic E-state index is 6.03. The van der Waals surface area contributed by atoms with Crippen LogP contribution in [0.2, 0.25) is 0 Å². The molecule has 0 aliphatic heterocycles. The van der Waals surface area contributed by atoms with Gasteiger partial charge in [-0.25, -0.2) is 0 Å². The summed E-state index contributed by atoms with van der Waals surface area (Å²) < 4.78 is 1.16. The van der Waals surface area contributed by atoms with Crippen molar-refractivity contribution in [2.45, 2.75) is 20.3 Å². The number of nitrogen functional groups attached to an aromatic ring is 1. The van der Waals surface area contributed by atoms with E-state index in [1.54, 1.807) is 0 Å². The Hall–Kier alpha value is -1.48. The van der Waals surface area contributed by atoms with Gasteiger partial charge in [-0.05, 0) is 55.2 Å². The molecule has 2 rings (SSSR count). The largest absolute Gasteiger partial charge is 0.397 e. The molecule has 0 aliphatic carbocycles. The van der Waals surface area contributed by atoms with Gasteiger partial charge in [-0.2, -0.15) is 0 Å². The van der Waals surface area contributed by atoms with Crippen LogP contribution >= 0.6 is 15.9 Å². The monoisotopic (exact) mass is 318 g/mol. The second-order valence-corrected chi connectivity index (χ2v) is 5.65. The summed E-state index contributed by atoms with van der Waals surface area (Å²) in [7, 11) is 0. The normalized spacial score (nSPS) is 10.5. The molecule has 100 valence electrons. The summed E-state index contributed by atoms with van der Waals surface area (Å²) in [6.07, 6.45) is 0.966. The molecule has 0 aromatic heterocycles. The molecule has 2 nitrogen and oxygen atoms in total. The Morgan fingerprint density at radius 1 is 1.11 bits per heavy atom. The highest BCUT2D eigenvalue weighted by Gasteiger charge is 2.03. The van der Waals surface area contributed by atoms with Crippen LogP contribution in [-0.4, -0.2) is 6.54 Å². The van der Waals surface area contributed by atoms with Crippen molar-refractivity contribution in [2.24, 2.45) is 0 Å². The van der Waals surface area contributed by atoms with Crippen molar-refractivity contribution < 1.29 is 0 Å². The molecule has 2 aromatic carbocycles. The van der Waals surface area contributed by atoms with E-state index >= 15 is 0 Å². The Bertz CT molecular complexity index is 579. The number of benzene rings is 2. The second kappa shape index (κ2) is 6.11. The van der Waals surface area contributed by atoms with E-state index < -0.39 is 0 Å². The van der Waals surface area contributed by atoms with Crippen molar-refractivity contribution in [3.63, 3.8) is 0 Å². The molecule has 3 heteroatoms. The molecular weight excluding hydrogens is 300 g/mol. The molecule has 0 spiro atoms. The number of halogens is 1. The van der Waals surface area contributed by atoms with Crippen LogP contribution in [0.5, 0.6) is 0 Å². The molecule has 0 saturated heterocycles. The second-order valence-electron chi connectivity index (χ2n) is 4.79. The highest BCUT2D eigenvalue weighted by atomic mass is 79.9. The van der Waals surface area contributed by atoms with Gasteiger partial charge >= 0.3 is 0 Å². The highest BCUT2D eigenvalue weighted by Crippen LogP contribution is 2.23. The lowest BCUT2D eigenvalue weighted by Gasteiger charge is -2.12. The standard InChI is InChI=1S/C16H19BrN2/c1-11-9-15(18)16(10-12(11)2)19-8-7-13-5-3-4-6-14(13)17/h3-6,9-10,19H,7-8,18H2,1-2H3. The number of nitrogens with two attached hydrogens (primary N) is 1. The third-order valence-electron chi connectivity index (χ3n) is 3.33. The smallest absolute Gasteiger partial charge is 0.0576 e. The maximum Gasteiger partial charge on any atom is 0.0576 e. The zero-order valence-corrected chi connectivity index (χ0v) is 12.9. The highest BCUT2D eigenvalue weighted by molar-refractivity contribution is 9.10. The van der Waals surface area contributed by atoms with E-state index in [1.807, 2.05) is 12.1 Å². The average Bonchev–Trinajstić information content (AvgIpc) is 2.38. The zero-order chi connectivity index (χ0) is 13.8. The van der Waals surface area contributed by atoms with Crippen LogP contribution in [0.4, 0.5) is 11.4 Å². The number of aryl methyl sites for hydroxylation is 2. The van der Waals surface area contributed by atoms with Gasteiger partial charge in [0.1, 0.15) is 0 Å². The Balaban J connectivity index is 2.00. The third kappa shape index (κ3) is 3.51. The van der Waals surface area contributed by atoms with Gasteiger partial charge < -0.3 is 11.1 Å². The fraction of sp³-hybridized carbons (Fsp3) is 0.250. The van der Waals surface area contributed by atoms with E-state index in [0.29, 0.717) is 0 Å². The SMILES string of the molecule is Cc1cc(N)c(NCCc2ccccc2Br)cc1C. The van der Waals surface area contributed by atoms with Gasteiger partial charge in [0.15, 0.2) is 0 Å². The van der Waals surface area contributed by atoms with Crippen molar-refractivity contribution >= 4 is 27.3 Å². The fourth-order valence-corrected chi connectivity index (χ4v) is 2.51. The van der Waals surface area contributed by atoms with Gasteiger partial charge in [0.05, 0.1) is 11.4 Å². The first-order valence-corrected chi connectivity index (χ1v) is 7.21. The van der Waals surface area contributed by atoms with Crippen LogP contribution in [0.15, 0.2) is 40.9 Å². The van der Waals surface area contributed by atoms with Crippen molar-refractivity contribution in [3.8, 4) is 0 Å². The molecule has 0 heterocycles. The summed E-state index contributed by atoms with van der Waals surface area (Å²) in [6, 6.07) is 12.4. The van der Waals surface area contributed by atoms with Gasteiger partial charge in [0, 0.05) is 11.0 Å². The predicted octanol–water partition coefficient (Wildman–Crippen LogP) is 4.30. The van der Waals surface area contributed by atoms with Crippen LogP contribution in [0.3, 0.4) is 0 Å². The van der Waals surface area contributed by atoms with Gasteiger partial charge in [-0.1, -0.05) is 34.1 Å². The minimum atomic E-state index is 0.815. The fourth-order valence-electron chi connectivity index (χ4n) is 2.02.